The number of furan rings is 1. The third-order valence-electron chi connectivity index (χ3n) is 4.78. The minimum absolute atomic E-state index is 0.231. The van der Waals surface area contributed by atoms with Gasteiger partial charge in [0.05, 0.1) is 12.2 Å². The Morgan fingerprint density at radius 3 is 2.81 bits per heavy atom. The second kappa shape index (κ2) is 7.56. The van der Waals surface area contributed by atoms with Gasteiger partial charge < -0.3 is 14.5 Å². The van der Waals surface area contributed by atoms with Crippen molar-refractivity contribution >= 4 is 39.2 Å². The second-order valence-electron chi connectivity index (χ2n) is 6.59. The van der Waals surface area contributed by atoms with E-state index in [0.717, 1.165) is 43.1 Å². The number of aryl methyl sites for hydroxylation is 1. The van der Waals surface area contributed by atoms with Gasteiger partial charge in [-0.2, -0.15) is 0 Å². The molecular weight excluding hydrogens is 362 g/mol. The van der Waals surface area contributed by atoms with Gasteiger partial charge in [-0.05, 0) is 50.3 Å². The van der Waals surface area contributed by atoms with Gasteiger partial charge in [-0.3, -0.25) is 4.79 Å². The van der Waals surface area contributed by atoms with Crippen LogP contribution < -0.4 is 5.32 Å². The first-order valence-corrected chi connectivity index (χ1v) is 10.1. The molecule has 6 heteroatoms. The van der Waals surface area contributed by atoms with E-state index in [9.17, 15) is 9.59 Å². The fourth-order valence-electron chi connectivity index (χ4n) is 3.51. The minimum atomic E-state index is -0.364. The van der Waals surface area contributed by atoms with Gasteiger partial charge in [0.1, 0.15) is 10.6 Å². The molecule has 0 fully saturated rings. The Labute approximate surface area is 161 Å². The Kier molecular flexibility index (Phi) is 4.99. The molecule has 2 heterocycles. The van der Waals surface area contributed by atoms with Crippen LogP contribution in [-0.4, -0.2) is 18.5 Å². The largest absolute Gasteiger partial charge is 0.462 e. The van der Waals surface area contributed by atoms with E-state index in [1.54, 1.807) is 13.0 Å². The van der Waals surface area contributed by atoms with Crippen molar-refractivity contribution < 1.29 is 18.7 Å². The second-order valence-corrected chi connectivity index (χ2v) is 7.70. The number of ether oxygens (including phenoxy) is 1. The predicted octanol–water partition coefficient (Wildman–Crippen LogP) is 5.19. The first-order valence-electron chi connectivity index (χ1n) is 9.29. The van der Waals surface area contributed by atoms with Crippen LogP contribution in [0.25, 0.3) is 11.0 Å². The van der Waals surface area contributed by atoms with E-state index in [2.05, 4.69) is 5.32 Å². The zero-order chi connectivity index (χ0) is 18.8. The van der Waals surface area contributed by atoms with E-state index in [0.29, 0.717) is 22.8 Å². The quantitative estimate of drug-likeness (QED) is 0.497. The molecule has 1 N–H and O–H groups in total. The first kappa shape index (κ1) is 17.8. The zero-order valence-electron chi connectivity index (χ0n) is 15.2. The molecule has 0 radical (unpaired) electrons. The Balaban J connectivity index is 1.67. The molecule has 1 aliphatic rings. The molecule has 27 heavy (non-hydrogen) atoms. The summed E-state index contributed by atoms with van der Waals surface area (Å²) in [6, 6.07) is 9.20. The highest BCUT2D eigenvalue weighted by Gasteiger charge is 2.27. The Bertz CT molecular complexity index is 968. The number of nitrogens with one attached hydrogen (secondary N) is 1. The average molecular weight is 383 g/mol. The molecular formula is C21H21NO4S. The van der Waals surface area contributed by atoms with Gasteiger partial charge in [0.15, 0.2) is 5.76 Å². The lowest BCUT2D eigenvalue weighted by atomic mass is 10.1. The zero-order valence-corrected chi connectivity index (χ0v) is 16.0. The highest BCUT2D eigenvalue weighted by molar-refractivity contribution is 7.17. The molecule has 0 saturated heterocycles. The SMILES string of the molecule is CCOC(=O)c1c(NC(=O)c2cc3ccccc3o2)sc2c1CCCCC2. The number of anilines is 1. The van der Waals surface area contributed by atoms with Crippen molar-refractivity contribution in [3.63, 3.8) is 0 Å². The van der Waals surface area contributed by atoms with Crippen molar-refractivity contribution in [1.82, 2.24) is 0 Å². The lowest BCUT2D eigenvalue weighted by Gasteiger charge is -2.07. The Morgan fingerprint density at radius 1 is 1.19 bits per heavy atom. The summed E-state index contributed by atoms with van der Waals surface area (Å²) in [4.78, 5) is 26.5. The van der Waals surface area contributed by atoms with E-state index in [4.69, 9.17) is 9.15 Å². The van der Waals surface area contributed by atoms with Crippen LogP contribution in [0.1, 0.15) is 57.5 Å². The molecule has 0 atom stereocenters. The standard InChI is InChI=1S/C21H21NO4S/c1-2-25-21(24)18-14-9-4-3-5-11-17(14)27-20(18)22-19(23)16-12-13-8-6-7-10-15(13)26-16/h6-8,10,12H,2-5,9,11H2,1H3,(H,22,23). The van der Waals surface area contributed by atoms with E-state index in [-0.39, 0.29) is 17.6 Å². The number of rotatable bonds is 4. The maximum atomic E-state index is 12.7. The summed E-state index contributed by atoms with van der Waals surface area (Å²) in [6.07, 6.45) is 5.09. The summed E-state index contributed by atoms with van der Waals surface area (Å²) in [5.41, 5.74) is 2.22. The molecule has 2 aromatic heterocycles. The topological polar surface area (TPSA) is 68.5 Å². The first-order chi connectivity index (χ1) is 13.2. The summed E-state index contributed by atoms with van der Waals surface area (Å²) >= 11 is 1.48. The fraction of sp³-hybridized carbons (Fsp3) is 0.333. The molecule has 0 saturated carbocycles. The number of thiophene rings is 1. The third kappa shape index (κ3) is 3.49. The Morgan fingerprint density at radius 2 is 2.00 bits per heavy atom. The number of carbonyl (C=O) groups excluding carboxylic acids is 2. The minimum Gasteiger partial charge on any atom is -0.462 e. The van der Waals surface area contributed by atoms with Crippen LogP contribution in [-0.2, 0) is 17.6 Å². The van der Waals surface area contributed by atoms with Crippen molar-refractivity contribution in [1.29, 1.82) is 0 Å². The molecule has 4 rings (SSSR count). The van der Waals surface area contributed by atoms with Gasteiger partial charge in [0.2, 0.25) is 0 Å². The Hall–Kier alpha value is -2.60. The molecule has 5 nitrogen and oxygen atoms in total. The van der Waals surface area contributed by atoms with E-state index in [1.165, 1.54) is 16.2 Å². The third-order valence-corrected chi connectivity index (χ3v) is 5.98. The van der Waals surface area contributed by atoms with Crippen molar-refractivity contribution in [3.05, 3.63) is 52.1 Å². The van der Waals surface area contributed by atoms with Crippen LogP contribution in [0.3, 0.4) is 0 Å². The van der Waals surface area contributed by atoms with Gasteiger partial charge >= 0.3 is 5.97 Å². The molecule has 3 aromatic rings. The molecule has 1 aliphatic carbocycles. The van der Waals surface area contributed by atoms with E-state index in [1.807, 2.05) is 24.3 Å². The van der Waals surface area contributed by atoms with Crippen LogP contribution in [0, 0.1) is 0 Å². The molecule has 0 bridgehead atoms. The number of hydrogen-bond donors (Lipinski definition) is 1. The number of para-hydroxylation sites is 1. The van der Waals surface area contributed by atoms with Gasteiger partial charge in [0, 0.05) is 10.3 Å². The summed E-state index contributed by atoms with van der Waals surface area (Å²) in [5, 5.41) is 4.32. The normalized spacial score (nSPS) is 13.8. The van der Waals surface area contributed by atoms with E-state index >= 15 is 0 Å². The molecule has 140 valence electrons. The monoisotopic (exact) mass is 383 g/mol. The van der Waals surface area contributed by atoms with Gasteiger partial charge in [-0.25, -0.2) is 4.79 Å². The van der Waals surface area contributed by atoms with Gasteiger partial charge in [0.25, 0.3) is 5.91 Å². The summed E-state index contributed by atoms with van der Waals surface area (Å²) in [5.74, 6) is -0.487. The summed E-state index contributed by atoms with van der Waals surface area (Å²) in [7, 11) is 0. The molecule has 0 spiro atoms. The maximum absolute atomic E-state index is 12.7. The number of carbonyl (C=O) groups is 2. The smallest absolute Gasteiger partial charge is 0.341 e. The molecule has 1 aromatic carbocycles. The maximum Gasteiger partial charge on any atom is 0.341 e. The average Bonchev–Trinajstić information content (AvgIpc) is 3.16. The van der Waals surface area contributed by atoms with Crippen LogP contribution >= 0.6 is 11.3 Å². The van der Waals surface area contributed by atoms with Gasteiger partial charge in [-0.1, -0.05) is 24.6 Å². The van der Waals surface area contributed by atoms with Crippen molar-refractivity contribution in [2.24, 2.45) is 0 Å². The van der Waals surface area contributed by atoms with Crippen LogP contribution in [0.15, 0.2) is 34.7 Å². The van der Waals surface area contributed by atoms with Crippen LogP contribution in [0.4, 0.5) is 5.00 Å². The fourth-order valence-corrected chi connectivity index (χ4v) is 4.78. The van der Waals surface area contributed by atoms with E-state index < -0.39 is 0 Å². The summed E-state index contributed by atoms with van der Waals surface area (Å²) in [6.45, 7) is 2.09. The highest BCUT2D eigenvalue weighted by Crippen LogP contribution is 2.38. The molecule has 1 amide bonds. The molecule has 0 unspecified atom stereocenters. The summed E-state index contributed by atoms with van der Waals surface area (Å²) < 4.78 is 10.9. The number of benzene rings is 1. The van der Waals surface area contributed by atoms with Crippen LogP contribution in [0.2, 0.25) is 0 Å². The predicted molar refractivity (Wildman–Crippen MR) is 106 cm³/mol. The number of amides is 1. The van der Waals surface area contributed by atoms with Crippen molar-refractivity contribution in [2.75, 3.05) is 11.9 Å². The lowest BCUT2D eigenvalue weighted by molar-refractivity contribution is 0.0527. The number of hydrogen-bond acceptors (Lipinski definition) is 5. The van der Waals surface area contributed by atoms with Crippen molar-refractivity contribution in [3.8, 4) is 0 Å². The number of fused-ring (bicyclic) bond motifs is 2. The van der Waals surface area contributed by atoms with Crippen molar-refractivity contribution in [2.45, 2.75) is 39.0 Å². The highest BCUT2D eigenvalue weighted by atomic mass is 32.1. The molecule has 0 aliphatic heterocycles. The number of esters is 1. The van der Waals surface area contributed by atoms with Crippen LogP contribution in [0.5, 0.6) is 0 Å². The lowest BCUT2D eigenvalue weighted by Crippen LogP contribution is -2.14. The van der Waals surface area contributed by atoms with Gasteiger partial charge in [-0.15, -0.1) is 11.3 Å².